The Morgan fingerprint density at radius 2 is 1.96 bits per heavy atom. The van der Waals surface area contributed by atoms with E-state index in [-0.39, 0.29) is 18.7 Å². The van der Waals surface area contributed by atoms with Crippen molar-refractivity contribution >= 4 is 28.4 Å². The Hall–Kier alpha value is -2.12. The molecule has 0 aromatic rings. The minimum atomic E-state index is -4.78. The van der Waals surface area contributed by atoms with Gasteiger partial charge in [0.1, 0.15) is 5.84 Å². The van der Waals surface area contributed by atoms with Gasteiger partial charge in [0.2, 0.25) is 0 Å². The van der Waals surface area contributed by atoms with Crippen LogP contribution in [0.5, 0.6) is 0 Å². The van der Waals surface area contributed by atoms with Crippen molar-refractivity contribution in [2.24, 2.45) is 10.7 Å². The van der Waals surface area contributed by atoms with Crippen molar-refractivity contribution in [3.63, 3.8) is 0 Å². The first kappa shape index (κ1) is 20.6. The van der Waals surface area contributed by atoms with Gasteiger partial charge < -0.3 is 20.3 Å². The first-order valence-electron chi connectivity index (χ1n) is 9.21. The van der Waals surface area contributed by atoms with Crippen LogP contribution in [-0.4, -0.2) is 90.2 Å². The van der Waals surface area contributed by atoms with Gasteiger partial charge in [-0.3, -0.25) is 9.55 Å². The fourth-order valence-corrected chi connectivity index (χ4v) is 4.22. The van der Waals surface area contributed by atoms with Gasteiger partial charge in [-0.2, -0.15) is 13.5 Å². The summed E-state index contributed by atoms with van der Waals surface area (Å²) in [6.45, 7) is 3.37. The highest BCUT2D eigenvalue weighted by molar-refractivity contribution is 7.80. The third kappa shape index (κ3) is 4.47. The van der Waals surface area contributed by atoms with Crippen molar-refractivity contribution in [3.8, 4) is 0 Å². The number of carbonyl (C=O) groups excluding carboxylic acids is 2. The molecule has 28 heavy (non-hydrogen) atoms. The number of amidine groups is 1. The van der Waals surface area contributed by atoms with Crippen molar-refractivity contribution in [2.45, 2.75) is 50.7 Å². The number of urea groups is 1. The van der Waals surface area contributed by atoms with Crippen LogP contribution >= 0.6 is 0 Å². The zero-order valence-corrected chi connectivity index (χ0v) is 16.4. The third-order valence-electron chi connectivity index (χ3n) is 5.16. The second-order valence-electron chi connectivity index (χ2n) is 6.98. The summed E-state index contributed by atoms with van der Waals surface area (Å²) in [5.74, 6) is 0.301. The number of hydrogen-bond donors (Lipinski definition) is 2. The first-order chi connectivity index (χ1) is 13.2. The summed E-state index contributed by atoms with van der Waals surface area (Å²) in [4.78, 5) is 31.8. The molecule has 0 radical (unpaired) electrons. The summed E-state index contributed by atoms with van der Waals surface area (Å²) in [5, 5.41) is 0.681. The Kier molecular flexibility index (Phi) is 5.95. The highest BCUT2D eigenvalue weighted by Gasteiger charge is 2.48. The van der Waals surface area contributed by atoms with Crippen LogP contribution in [0.4, 0.5) is 9.59 Å². The van der Waals surface area contributed by atoms with Crippen LogP contribution in [0.3, 0.4) is 0 Å². The van der Waals surface area contributed by atoms with Gasteiger partial charge in [0.15, 0.2) is 0 Å². The number of carbonyl (C=O) groups is 2. The van der Waals surface area contributed by atoms with Crippen LogP contribution in [0.15, 0.2) is 4.99 Å². The van der Waals surface area contributed by atoms with Crippen LogP contribution < -0.4 is 5.73 Å². The molecule has 158 valence electrons. The lowest BCUT2D eigenvalue weighted by Crippen LogP contribution is -2.49. The van der Waals surface area contributed by atoms with Gasteiger partial charge in [0.05, 0.1) is 24.7 Å². The summed E-state index contributed by atoms with van der Waals surface area (Å²) in [6.07, 6.45) is 1.93. The number of fused-ring (bicyclic) bond motifs is 2. The van der Waals surface area contributed by atoms with Crippen LogP contribution in [0.2, 0.25) is 0 Å². The molecule has 2 atom stereocenters. The maximum Gasteiger partial charge on any atom is 0.418 e. The lowest BCUT2D eigenvalue weighted by molar-refractivity contribution is -0.0316. The predicted molar refractivity (Wildman–Crippen MR) is 96.6 cm³/mol. The Balaban J connectivity index is 1.60. The quantitative estimate of drug-likeness (QED) is 0.357. The van der Waals surface area contributed by atoms with Crippen molar-refractivity contribution in [2.75, 3.05) is 26.2 Å². The van der Waals surface area contributed by atoms with E-state index in [1.165, 1.54) is 4.90 Å². The molecule has 3 N–H and O–H groups in total. The normalized spacial score (nSPS) is 26.7. The zero-order valence-electron chi connectivity index (χ0n) is 15.6. The number of piperidine rings is 2. The fourth-order valence-electron chi connectivity index (χ4n) is 3.83. The standard InChI is InChI=1S/C15H25N5O7S/c1-2-26-15(22)18-7-5-10(6-8-18)17-13(16)12-4-3-11-9-19(12)14(21)20(11)27-28(23,24)25/h10-12H,2-9H2,1H3,(H2,16,17)(H,23,24,25)/t11-,12+/m1/s1. The summed E-state index contributed by atoms with van der Waals surface area (Å²) in [5.41, 5.74) is 6.16. The molecule has 2 bridgehead atoms. The molecule has 0 aliphatic carbocycles. The molecular weight excluding hydrogens is 394 g/mol. The second-order valence-corrected chi connectivity index (χ2v) is 7.99. The van der Waals surface area contributed by atoms with E-state index < -0.39 is 28.5 Å². The Morgan fingerprint density at radius 1 is 1.29 bits per heavy atom. The Morgan fingerprint density at radius 3 is 2.57 bits per heavy atom. The lowest BCUT2D eigenvalue weighted by Gasteiger charge is -2.32. The molecular formula is C15H25N5O7S. The summed E-state index contributed by atoms with van der Waals surface area (Å²) in [7, 11) is -4.78. The van der Waals surface area contributed by atoms with Crippen molar-refractivity contribution in [1.82, 2.24) is 14.9 Å². The smallest absolute Gasteiger partial charge is 0.418 e. The number of ether oxygens (including phenoxy) is 1. The molecule has 0 unspecified atom stereocenters. The van der Waals surface area contributed by atoms with Crippen LogP contribution in [0.1, 0.15) is 32.6 Å². The molecule has 0 aromatic carbocycles. The van der Waals surface area contributed by atoms with Gasteiger partial charge in [-0.25, -0.2) is 9.59 Å². The highest BCUT2D eigenvalue weighted by Crippen LogP contribution is 2.31. The van der Waals surface area contributed by atoms with E-state index in [0.717, 1.165) is 0 Å². The van der Waals surface area contributed by atoms with Gasteiger partial charge in [0, 0.05) is 19.6 Å². The molecule has 0 spiro atoms. The van der Waals surface area contributed by atoms with E-state index in [1.807, 2.05) is 0 Å². The van der Waals surface area contributed by atoms with Gasteiger partial charge in [-0.1, -0.05) is 0 Å². The fraction of sp³-hybridized carbons (Fsp3) is 0.800. The van der Waals surface area contributed by atoms with Gasteiger partial charge >= 0.3 is 22.5 Å². The van der Waals surface area contributed by atoms with Crippen molar-refractivity contribution in [3.05, 3.63) is 0 Å². The maximum atomic E-state index is 12.4. The minimum Gasteiger partial charge on any atom is -0.450 e. The number of nitrogens with zero attached hydrogens (tertiary/aromatic N) is 4. The monoisotopic (exact) mass is 419 g/mol. The van der Waals surface area contributed by atoms with Gasteiger partial charge in [-0.05, 0) is 32.6 Å². The Labute approximate surface area is 163 Å². The number of aliphatic imine (C=N–C) groups is 1. The maximum absolute atomic E-state index is 12.4. The van der Waals surface area contributed by atoms with Gasteiger partial charge in [0.25, 0.3) is 0 Å². The second kappa shape index (κ2) is 8.09. The molecule has 12 nitrogen and oxygen atoms in total. The molecule has 3 fully saturated rings. The number of amides is 3. The number of hydrogen-bond acceptors (Lipinski definition) is 7. The largest absolute Gasteiger partial charge is 0.450 e. The summed E-state index contributed by atoms with van der Waals surface area (Å²) in [6, 6.07) is -1.65. The lowest BCUT2D eigenvalue weighted by atomic mass is 9.99. The van der Waals surface area contributed by atoms with Crippen LogP contribution in [0.25, 0.3) is 0 Å². The van der Waals surface area contributed by atoms with Crippen molar-refractivity contribution < 1.29 is 31.6 Å². The van der Waals surface area contributed by atoms with E-state index in [0.29, 0.717) is 56.3 Å². The van der Waals surface area contributed by atoms with Crippen LogP contribution in [0, 0.1) is 0 Å². The number of hydroxylamine groups is 2. The number of likely N-dealkylation sites (tertiary alicyclic amines) is 1. The van der Waals surface area contributed by atoms with E-state index >= 15 is 0 Å². The average Bonchev–Trinajstić information content (AvgIpc) is 2.86. The third-order valence-corrected chi connectivity index (χ3v) is 5.51. The molecule has 3 heterocycles. The van der Waals surface area contributed by atoms with E-state index in [1.54, 1.807) is 11.8 Å². The van der Waals surface area contributed by atoms with E-state index in [9.17, 15) is 18.0 Å². The number of nitrogens with two attached hydrogens (primary N) is 1. The molecule has 3 rings (SSSR count). The molecule has 0 saturated carbocycles. The van der Waals surface area contributed by atoms with Crippen LogP contribution in [-0.2, 0) is 19.4 Å². The molecule has 13 heteroatoms. The van der Waals surface area contributed by atoms with Gasteiger partial charge in [-0.15, -0.1) is 4.28 Å². The highest BCUT2D eigenvalue weighted by atomic mass is 32.3. The van der Waals surface area contributed by atoms with Crippen molar-refractivity contribution in [1.29, 1.82) is 0 Å². The Bertz CT molecular complexity index is 750. The zero-order chi connectivity index (χ0) is 20.5. The molecule has 3 aliphatic heterocycles. The average molecular weight is 419 g/mol. The summed E-state index contributed by atoms with van der Waals surface area (Å²) >= 11 is 0. The minimum absolute atomic E-state index is 0.0636. The summed E-state index contributed by atoms with van der Waals surface area (Å²) < 4.78 is 40.1. The van der Waals surface area contributed by atoms with E-state index in [4.69, 9.17) is 15.0 Å². The van der Waals surface area contributed by atoms with E-state index in [2.05, 4.69) is 9.28 Å². The number of rotatable bonds is 5. The molecule has 3 amide bonds. The topological polar surface area (TPSA) is 155 Å². The predicted octanol–water partition coefficient (Wildman–Crippen LogP) is -0.0325. The first-order valence-corrected chi connectivity index (χ1v) is 10.6. The molecule has 3 aliphatic rings. The molecule has 3 saturated heterocycles. The molecule has 0 aromatic heterocycles. The SMILES string of the molecule is CCOC(=O)N1CCC(N=C(N)[C@@H]2CC[C@@H]3CN2C(=O)N3OS(=O)(=O)O)CC1.